The number of halogens is 2. The molecule has 10 heteroatoms. The molecule has 0 atom stereocenters. The predicted molar refractivity (Wildman–Crippen MR) is 98.1 cm³/mol. The minimum Gasteiger partial charge on any atom is -0.468 e. The van der Waals surface area contributed by atoms with E-state index in [0.29, 0.717) is 11.4 Å². The van der Waals surface area contributed by atoms with Crippen molar-refractivity contribution in [2.24, 2.45) is 0 Å². The molecule has 0 unspecified atom stereocenters. The van der Waals surface area contributed by atoms with Crippen LogP contribution in [-0.2, 0) is 19.1 Å². The van der Waals surface area contributed by atoms with Crippen molar-refractivity contribution in [1.29, 1.82) is 0 Å². The second kappa shape index (κ2) is 10.6. The first-order valence-electron chi connectivity index (χ1n) is 8.30. The summed E-state index contributed by atoms with van der Waals surface area (Å²) in [6.07, 6.45) is 0. The average molecular weight is 408 g/mol. The van der Waals surface area contributed by atoms with Gasteiger partial charge in [0.05, 0.1) is 18.4 Å². The molecule has 2 rings (SSSR count). The molecule has 0 aliphatic heterocycles. The highest BCUT2D eigenvalue weighted by Gasteiger charge is 2.15. The van der Waals surface area contributed by atoms with Gasteiger partial charge in [0.1, 0.15) is 12.3 Å². The lowest BCUT2D eigenvalue weighted by atomic mass is 10.1. The fourth-order valence-electron chi connectivity index (χ4n) is 2.15. The molecule has 29 heavy (non-hydrogen) atoms. The van der Waals surface area contributed by atoms with Crippen LogP contribution < -0.4 is 15.4 Å². The number of hydrogen-bond donors (Lipinski definition) is 2. The van der Waals surface area contributed by atoms with Gasteiger partial charge in [-0.05, 0) is 36.4 Å². The monoisotopic (exact) mass is 408 g/mol. The van der Waals surface area contributed by atoms with Crippen molar-refractivity contribution in [3.05, 3.63) is 54.1 Å². The molecule has 0 aromatic heterocycles. The number of carbonyl (C=O) groups is 3. The topological polar surface area (TPSA) is 103 Å². The minimum atomic E-state index is -2.92. The molecule has 0 saturated carbocycles. The van der Waals surface area contributed by atoms with Crippen molar-refractivity contribution in [2.45, 2.75) is 6.61 Å². The lowest BCUT2D eigenvalue weighted by molar-refractivity contribution is -0.141. The number of carbonyl (C=O) groups excluding carboxylic acids is 3. The number of methoxy groups -OCH3 is 1. The Kier molecular flexibility index (Phi) is 7.89. The lowest BCUT2D eigenvalue weighted by Crippen LogP contribution is -2.33. The van der Waals surface area contributed by atoms with Crippen molar-refractivity contribution in [1.82, 2.24) is 5.32 Å². The molecule has 8 nitrogen and oxygen atoms in total. The van der Waals surface area contributed by atoms with Gasteiger partial charge in [-0.2, -0.15) is 8.78 Å². The number of amides is 1. The Bertz CT molecular complexity index is 858. The van der Waals surface area contributed by atoms with Crippen LogP contribution in [0.4, 0.5) is 20.2 Å². The summed E-state index contributed by atoms with van der Waals surface area (Å²) in [5, 5.41) is 5.21. The van der Waals surface area contributed by atoms with Crippen LogP contribution in [0, 0.1) is 0 Å². The minimum absolute atomic E-state index is 0.00351. The van der Waals surface area contributed by atoms with Gasteiger partial charge in [-0.3, -0.25) is 9.59 Å². The third-order valence-electron chi connectivity index (χ3n) is 3.50. The number of alkyl halides is 2. The second-order valence-corrected chi connectivity index (χ2v) is 5.50. The van der Waals surface area contributed by atoms with Crippen LogP contribution >= 0.6 is 0 Å². The van der Waals surface area contributed by atoms with E-state index < -0.39 is 31.1 Å². The summed E-state index contributed by atoms with van der Waals surface area (Å²) in [6, 6.07) is 12.1. The molecule has 0 aliphatic rings. The van der Waals surface area contributed by atoms with Gasteiger partial charge < -0.3 is 24.8 Å². The third kappa shape index (κ3) is 7.09. The number of esters is 2. The number of nitrogens with one attached hydrogen (secondary N) is 2. The number of para-hydroxylation sites is 1. The van der Waals surface area contributed by atoms with E-state index in [2.05, 4.69) is 20.1 Å². The number of benzene rings is 2. The van der Waals surface area contributed by atoms with Crippen LogP contribution in [-0.4, -0.2) is 44.7 Å². The van der Waals surface area contributed by atoms with Crippen molar-refractivity contribution in [3.63, 3.8) is 0 Å². The van der Waals surface area contributed by atoms with Gasteiger partial charge in [0.15, 0.2) is 6.61 Å². The molecular formula is C19H18F2N2O6. The standard InChI is InChI=1S/C19H18F2N2O6/c1-27-17(25)10-22-16(24)11-28-18(26)14-4-2-3-5-15(14)23-12-6-8-13(9-7-12)29-19(20)21/h2-9,19,23H,10-11H2,1H3,(H,22,24). The zero-order chi connectivity index (χ0) is 21.2. The van der Waals surface area contributed by atoms with Crippen LogP contribution in [0.3, 0.4) is 0 Å². The van der Waals surface area contributed by atoms with Crippen LogP contribution in [0.2, 0.25) is 0 Å². The largest absolute Gasteiger partial charge is 0.468 e. The first-order valence-corrected chi connectivity index (χ1v) is 8.30. The smallest absolute Gasteiger partial charge is 0.387 e. The quantitative estimate of drug-likeness (QED) is 0.615. The van der Waals surface area contributed by atoms with E-state index in [-0.39, 0.29) is 17.9 Å². The van der Waals surface area contributed by atoms with Crippen molar-refractivity contribution in [3.8, 4) is 5.75 Å². The Balaban J connectivity index is 1.98. The summed E-state index contributed by atoms with van der Waals surface area (Å²) in [7, 11) is 1.18. The summed E-state index contributed by atoms with van der Waals surface area (Å²) in [4.78, 5) is 34.9. The molecule has 0 radical (unpaired) electrons. The summed E-state index contributed by atoms with van der Waals surface area (Å²) in [5.74, 6) is -2.07. The van der Waals surface area contributed by atoms with Crippen LogP contribution in [0.1, 0.15) is 10.4 Å². The normalized spacial score (nSPS) is 10.2. The number of ether oxygens (including phenoxy) is 3. The van der Waals surface area contributed by atoms with E-state index in [1.807, 2.05) is 0 Å². The van der Waals surface area contributed by atoms with Crippen LogP contribution in [0.5, 0.6) is 5.75 Å². The zero-order valence-corrected chi connectivity index (χ0v) is 15.3. The molecule has 0 aliphatic carbocycles. The average Bonchev–Trinajstić information content (AvgIpc) is 2.71. The van der Waals surface area contributed by atoms with Crippen molar-refractivity contribution < 1.29 is 37.4 Å². The molecule has 2 aromatic carbocycles. The van der Waals surface area contributed by atoms with Gasteiger partial charge in [-0.1, -0.05) is 12.1 Å². The van der Waals surface area contributed by atoms with Gasteiger partial charge in [0.25, 0.3) is 5.91 Å². The lowest BCUT2D eigenvalue weighted by Gasteiger charge is -2.12. The van der Waals surface area contributed by atoms with E-state index in [0.717, 1.165) is 0 Å². The highest BCUT2D eigenvalue weighted by atomic mass is 19.3. The Hall–Kier alpha value is -3.69. The Morgan fingerprint density at radius 2 is 1.72 bits per heavy atom. The predicted octanol–water partition coefficient (Wildman–Crippen LogP) is 2.48. The van der Waals surface area contributed by atoms with Crippen molar-refractivity contribution in [2.75, 3.05) is 25.6 Å². The number of anilines is 2. The van der Waals surface area contributed by atoms with E-state index in [1.54, 1.807) is 18.2 Å². The van der Waals surface area contributed by atoms with Gasteiger partial charge >= 0.3 is 18.6 Å². The maximum atomic E-state index is 12.3. The molecular weight excluding hydrogens is 390 g/mol. The van der Waals surface area contributed by atoms with E-state index >= 15 is 0 Å². The molecule has 1 amide bonds. The molecule has 0 heterocycles. The highest BCUT2D eigenvalue weighted by molar-refractivity contribution is 5.97. The van der Waals surface area contributed by atoms with Gasteiger partial charge in [-0.15, -0.1) is 0 Å². The molecule has 0 fully saturated rings. The third-order valence-corrected chi connectivity index (χ3v) is 3.50. The summed E-state index contributed by atoms with van der Waals surface area (Å²) in [5.41, 5.74) is 1.05. The highest BCUT2D eigenvalue weighted by Crippen LogP contribution is 2.24. The van der Waals surface area contributed by atoms with Crippen LogP contribution in [0.15, 0.2) is 48.5 Å². The molecule has 0 bridgehead atoms. The van der Waals surface area contributed by atoms with Crippen molar-refractivity contribution >= 4 is 29.2 Å². The molecule has 2 N–H and O–H groups in total. The Morgan fingerprint density at radius 1 is 1.03 bits per heavy atom. The summed E-state index contributed by atoms with van der Waals surface area (Å²) >= 11 is 0. The zero-order valence-electron chi connectivity index (χ0n) is 15.3. The van der Waals surface area contributed by atoms with Gasteiger partial charge in [-0.25, -0.2) is 4.79 Å². The first-order chi connectivity index (χ1) is 13.9. The SMILES string of the molecule is COC(=O)CNC(=O)COC(=O)c1ccccc1Nc1ccc(OC(F)F)cc1. The maximum Gasteiger partial charge on any atom is 0.387 e. The van der Waals surface area contributed by atoms with E-state index in [4.69, 9.17) is 4.74 Å². The maximum absolute atomic E-state index is 12.3. The molecule has 154 valence electrons. The molecule has 2 aromatic rings. The second-order valence-electron chi connectivity index (χ2n) is 5.50. The molecule has 0 saturated heterocycles. The van der Waals surface area contributed by atoms with E-state index in [1.165, 1.54) is 37.4 Å². The number of rotatable bonds is 9. The number of hydrogen-bond acceptors (Lipinski definition) is 7. The summed E-state index contributed by atoms with van der Waals surface area (Å²) in [6.45, 7) is -3.84. The van der Waals surface area contributed by atoms with E-state index in [9.17, 15) is 23.2 Å². The summed E-state index contributed by atoms with van der Waals surface area (Å²) < 4.78 is 38.0. The Morgan fingerprint density at radius 3 is 2.38 bits per heavy atom. The fourth-order valence-corrected chi connectivity index (χ4v) is 2.15. The van der Waals surface area contributed by atoms with Gasteiger partial charge in [0.2, 0.25) is 0 Å². The first kappa shape index (κ1) is 21.6. The van der Waals surface area contributed by atoms with Crippen LogP contribution in [0.25, 0.3) is 0 Å². The Labute approximate surface area is 164 Å². The van der Waals surface area contributed by atoms with Gasteiger partial charge in [0, 0.05) is 5.69 Å². The molecule has 0 spiro atoms. The fraction of sp³-hybridized carbons (Fsp3) is 0.211.